The highest BCUT2D eigenvalue weighted by Gasteiger charge is 2.36. The normalized spacial score (nSPS) is 25.3. The second kappa shape index (κ2) is 2.54. The topological polar surface area (TPSA) is 49.8 Å². The molecule has 2 rings (SSSR count). The molecule has 1 unspecified atom stereocenters. The average molecular weight is 176 g/mol. The molecule has 0 aliphatic heterocycles. The van der Waals surface area contributed by atoms with E-state index in [4.69, 9.17) is 11.0 Å². The first-order chi connectivity index (χ1) is 6.17. The van der Waals surface area contributed by atoms with Crippen LogP contribution in [0, 0.1) is 17.1 Å². The van der Waals surface area contributed by atoms with E-state index in [-0.39, 0.29) is 5.82 Å². The Morgan fingerprint density at radius 3 is 3.00 bits per heavy atom. The summed E-state index contributed by atoms with van der Waals surface area (Å²) >= 11 is 0. The molecule has 1 aliphatic rings. The Bertz CT molecular complexity index is 394. The van der Waals surface area contributed by atoms with Crippen molar-refractivity contribution >= 4 is 0 Å². The van der Waals surface area contributed by atoms with Crippen LogP contribution in [0.1, 0.15) is 17.5 Å². The number of hydrogen-bond acceptors (Lipinski definition) is 2. The van der Waals surface area contributed by atoms with Crippen LogP contribution in [0.15, 0.2) is 18.2 Å². The molecular weight excluding hydrogens is 167 g/mol. The fraction of sp³-hybridized carbons (Fsp3) is 0.300. The van der Waals surface area contributed by atoms with Gasteiger partial charge in [0.1, 0.15) is 11.4 Å². The summed E-state index contributed by atoms with van der Waals surface area (Å²) in [7, 11) is 0. The van der Waals surface area contributed by atoms with E-state index in [9.17, 15) is 4.39 Å². The first-order valence-corrected chi connectivity index (χ1v) is 4.15. The number of nitrogens with two attached hydrogens (primary N) is 1. The summed E-state index contributed by atoms with van der Waals surface area (Å²) in [6.45, 7) is 0. The molecule has 1 atom stereocenters. The summed E-state index contributed by atoms with van der Waals surface area (Å²) in [4.78, 5) is 0. The lowest BCUT2D eigenvalue weighted by atomic mass is 9.95. The van der Waals surface area contributed by atoms with Crippen LogP contribution >= 0.6 is 0 Å². The van der Waals surface area contributed by atoms with Crippen LogP contribution in [-0.2, 0) is 12.0 Å². The van der Waals surface area contributed by atoms with E-state index in [2.05, 4.69) is 0 Å². The molecule has 2 N–H and O–H groups in total. The highest BCUT2D eigenvalue weighted by molar-refractivity contribution is 5.43. The van der Waals surface area contributed by atoms with Crippen molar-refractivity contribution in [2.45, 2.75) is 18.4 Å². The molecule has 1 aromatic rings. The third-order valence-electron chi connectivity index (χ3n) is 2.57. The van der Waals surface area contributed by atoms with Crippen molar-refractivity contribution < 1.29 is 4.39 Å². The molecule has 0 bridgehead atoms. The molecule has 66 valence electrons. The maximum Gasteiger partial charge on any atom is 0.130 e. The average Bonchev–Trinajstić information content (AvgIpc) is 2.47. The maximum atomic E-state index is 13.2. The lowest BCUT2D eigenvalue weighted by Crippen LogP contribution is -2.31. The first kappa shape index (κ1) is 8.21. The molecule has 0 saturated heterocycles. The molecule has 0 amide bonds. The van der Waals surface area contributed by atoms with E-state index in [1.165, 1.54) is 6.07 Å². The molecule has 0 radical (unpaired) electrons. The third-order valence-corrected chi connectivity index (χ3v) is 2.57. The zero-order valence-corrected chi connectivity index (χ0v) is 7.05. The molecule has 0 heterocycles. The number of fused-ring (bicyclic) bond motifs is 1. The Morgan fingerprint density at radius 1 is 1.54 bits per heavy atom. The van der Waals surface area contributed by atoms with Gasteiger partial charge in [0.2, 0.25) is 0 Å². The van der Waals surface area contributed by atoms with Crippen molar-refractivity contribution in [3.8, 4) is 6.07 Å². The van der Waals surface area contributed by atoms with Gasteiger partial charge in [-0.2, -0.15) is 5.26 Å². The molecule has 0 saturated carbocycles. The number of hydrogen-bond donors (Lipinski definition) is 1. The zero-order valence-electron chi connectivity index (χ0n) is 7.05. The molecule has 1 aliphatic carbocycles. The Kier molecular flexibility index (Phi) is 1.61. The van der Waals surface area contributed by atoms with E-state index in [0.717, 1.165) is 0 Å². The standard InChI is InChI=1S/C10H9FN2/c11-9-3-1-2-8-7(9)4-5-10(8,13)6-12/h1-3H,4-5,13H2. The van der Waals surface area contributed by atoms with Crippen LogP contribution < -0.4 is 5.73 Å². The molecule has 1 aromatic carbocycles. The first-order valence-electron chi connectivity index (χ1n) is 4.15. The van der Waals surface area contributed by atoms with E-state index in [1.54, 1.807) is 12.1 Å². The van der Waals surface area contributed by atoms with Gasteiger partial charge in [0.15, 0.2) is 0 Å². The molecule has 0 fully saturated rings. The molecule has 0 aromatic heterocycles. The Hall–Kier alpha value is -1.40. The van der Waals surface area contributed by atoms with Gasteiger partial charge in [-0.1, -0.05) is 12.1 Å². The van der Waals surface area contributed by atoms with Crippen LogP contribution in [0.3, 0.4) is 0 Å². The van der Waals surface area contributed by atoms with Crippen LogP contribution in [0.4, 0.5) is 4.39 Å². The molecule has 0 spiro atoms. The molecular formula is C10H9FN2. The quantitative estimate of drug-likeness (QED) is 0.650. The van der Waals surface area contributed by atoms with Crippen molar-refractivity contribution in [3.63, 3.8) is 0 Å². The highest BCUT2D eigenvalue weighted by atomic mass is 19.1. The SMILES string of the molecule is N#CC1(N)CCc2c(F)cccc21. The summed E-state index contributed by atoms with van der Waals surface area (Å²) in [5.74, 6) is -0.250. The van der Waals surface area contributed by atoms with Crippen LogP contribution in [0.25, 0.3) is 0 Å². The Labute approximate surface area is 75.8 Å². The summed E-state index contributed by atoms with van der Waals surface area (Å²) in [6.07, 6.45) is 1.08. The zero-order chi connectivity index (χ0) is 9.47. The Morgan fingerprint density at radius 2 is 2.31 bits per heavy atom. The third kappa shape index (κ3) is 1.03. The predicted octanol–water partition coefficient (Wildman–Crippen LogP) is 1.45. The minimum absolute atomic E-state index is 0.250. The monoisotopic (exact) mass is 176 g/mol. The second-order valence-electron chi connectivity index (χ2n) is 3.35. The van der Waals surface area contributed by atoms with Crippen LogP contribution in [0.5, 0.6) is 0 Å². The smallest absolute Gasteiger partial charge is 0.130 e. The summed E-state index contributed by atoms with van der Waals surface area (Å²) < 4.78 is 13.2. The van der Waals surface area contributed by atoms with Gasteiger partial charge in [-0.05, 0) is 30.0 Å². The van der Waals surface area contributed by atoms with Gasteiger partial charge in [-0.25, -0.2) is 4.39 Å². The summed E-state index contributed by atoms with van der Waals surface area (Å²) in [5.41, 5.74) is 6.09. The fourth-order valence-electron chi connectivity index (χ4n) is 1.80. The van der Waals surface area contributed by atoms with Crippen molar-refractivity contribution in [2.75, 3.05) is 0 Å². The molecule has 13 heavy (non-hydrogen) atoms. The highest BCUT2D eigenvalue weighted by Crippen LogP contribution is 2.35. The number of benzene rings is 1. The van der Waals surface area contributed by atoms with Gasteiger partial charge < -0.3 is 5.73 Å². The van der Waals surface area contributed by atoms with E-state index >= 15 is 0 Å². The van der Waals surface area contributed by atoms with Crippen molar-refractivity contribution in [1.29, 1.82) is 5.26 Å². The van der Waals surface area contributed by atoms with E-state index in [0.29, 0.717) is 24.0 Å². The second-order valence-corrected chi connectivity index (χ2v) is 3.35. The minimum atomic E-state index is -0.975. The van der Waals surface area contributed by atoms with Gasteiger partial charge in [-0.3, -0.25) is 0 Å². The lowest BCUT2D eigenvalue weighted by molar-refractivity contribution is 0.571. The van der Waals surface area contributed by atoms with E-state index in [1.807, 2.05) is 6.07 Å². The minimum Gasteiger partial charge on any atom is -0.310 e. The predicted molar refractivity (Wildman–Crippen MR) is 46.2 cm³/mol. The summed E-state index contributed by atoms with van der Waals surface area (Å²) in [5, 5.41) is 8.87. The van der Waals surface area contributed by atoms with Gasteiger partial charge in [0.25, 0.3) is 0 Å². The van der Waals surface area contributed by atoms with Crippen LogP contribution in [-0.4, -0.2) is 0 Å². The fourth-order valence-corrected chi connectivity index (χ4v) is 1.80. The molecule has 2 nitrogen and oxygen atoms in total. The van der Waals surface area contributed by atoms with Gasteiger partial charge in [0, 0.05) is 0 Å². The number of rotatable bonds is 0. The van der Waals surface area contributed by atoms with Crippen LogP contribution in [0.2, 0.25) is 0 Å². The largest absolute Gasteiger partial charge is 0.310 e. The van der Waals surface area contributed by atoms with Gasteiger partial charge in [-0.15, -0.1) is 0 Å². The van der Waals surface area contributed by atoms with Crippen molar-refractivity contribution in [1.82, 2.24) is 0 Å². The summed E-state index contributed by atoms with van der Waals surface area (Å²) in [6, 6.07) is 6.77. The molecule has 3 heteroatoms. The van der Waals surface area contributed by atoms with Crippen molar-refractivity contribution in [3.05, 3.63) is 35.1 Å². The number of nitrogens with zero attached hydrogens (tertiary/aromatic N) is 1. The number of nitriles is 1. The van der Waals surface area contributed by atoms with E-state index < -0.39 is 5.54 Å². The lowest BCUT2D eigenvalue weighted by Gasteiger charge is -2.14. The van der Waals surface area contributed by atoms with Crippen molar-refractivity contribution in [2.24, 2.45) is 5.73 Å². The van der Waals surface area contributed by atoms with Gasteiger partial charge in [0.05, 0.1) is 6.07 Å². The Balaban J connectivity index is 2.63. The number of halogens is 1. The van der Waals surface area contributed by atoms with Gasteiger partial charge >= 0.3 is 0 Å². The maximum absolute atomic E-state index is 13.2.